The lowest BCUT2D eigenvalue weighted by Gasteiger charge is -2.07. The number of aromatic amines is 2. The van der Waals surface area contributed by atoms with Crippen molar-refractivity contribution in [1.29, 1.82) is 0 Å². The van der Waals surface area contributed by atoms with Crippen LogP contribution in [-0.2, 0) is 19.3 Å². The molecule has 0 aliphatic carbocycles. The lowest BCUT2D eigenvalue weighted by atomic mass is 10.1. The molecule has 0 aliphatic heterocycles. The molecule has 23 heavy (non-hydrogen) atoms. The molecule has 0 atom stereocenters. The van der Waals surface area contributed by atoms with Crippen molar-refractivity contribution in [1.82, 2.24) is 25.0 Å². The molecule has 0 unspecified atom stereocenters. The second-order valence-electron chi connectivity index (χ2n) is 5.72. The second kappa shape index (κ2) is 6.24. The van der Waals surface area contributed by atoms with Gasteiger partial charge in [0.25, 0.3) is 0 Å². The third-order valence-electron chi connectivity index (χ3n) is 4.20. The maximum Gasteiger partial charge on any atom is 0.347 e. The summed E-state index contributed by atoms with van der Waals surface area (Å²) in [5, 5.41) is 14.0. The van der Waals surface area contributed by atoms with Crippen LogP contribution in [0.3, 0.4) is 0 Å². The molecule has 2 heterocycles. The van der Waals surface area contributed by atoms with Gasteiger partial charge < -0.3 is 0 Å². The molecule has 0 saturated carbocycles. The minimum absolute atomic E-state index is 0.200. The molecular weight excluding hydrogens is 290 g/mol. The minimum atomic E-state index is -0.200. The second-order valence-corrected chi connectivity index (χ2v) is 5.72. The van der Waals surface area contributed by atoms with Crippen molar-refractivity contribution in [2.24, 2.45) is 0 Å². The van der Waals surface area contributed by atoms with Gasteiger partial charge in [-0.3, -0.25) is 5.10 Å². The molecule has 3 aromatic rings. The fraction of sp³-hybridized carbons (Fsp3) is 0.353. The van der Waals surface area contributed by atoms with Gasteiger partial charge in [0.05, 0.1) is 11.4 Å². The topological polar surface area (TPSA) is 79.4 Å². The van der Waals surface area contributed by atoms with Crippen LogP contribution in [-0.4, -0.2) is 25.0 Å². The van der Waals surface area contributed by atoms with Gasteiger partial charge in [0.2, 0.25) is 0 Å². The van der Waals surface area contributed by atoms with Crippen LogP contribution in [0, 0.1) is 13.8 Å². The molecule has 0 fully saturated rings. The normalized spacial score (nSPS) is 11.1. The van der Waals surface area contributed by atoms with Crippen LogP contribution < -0.4 is 5.69 Å². The van der Waals surface area contributed by atoms with Crippen LogP contribution in [0.4, 0.5) is 0 Å². The molecule has 3 rings (SSSR count). The van der Waals surface area contributed by atoms with Crippen LogP contribution in [0.15, 0.2) is 29.1 Å². The van der Waals surface area contributed by atoms with Gasteiger partial charge in [-0.2, -0.15) is 10.2 Å². The first-order valence-corrected chi connectivity index (χ1v) is 7.86. The summed E-state index contributed by atoms with van der Waals surface area (Å²) in [7, 11) is 0. The monoisotopic (exact) mass is 311 g/mol. The fourth-order valence-corrected chi connectivity index (χ4v) is 2.86. The summed E-state index contributed by atoms with van der Waals surface area (Å²) in [5.41, 5.74) is 5.12. The molecule has 2 N–H and O–H groups in total. The highest BCUT2D eigenvalue weighted by molar-refractivity contribution is 5.37. The number of benzene rings is 1. The molecule has 0 spiro atoms. The van der Waals surface area contributed by atoms with Gasteiger partial charge in [0, 0.05) is 12.1 Å². The summed E-state index contributed by atoms with van der Waals surface area (Å²) >= 11 is 0. The molecule has 0 aliphatic rings. The van der Waals surface area contributed by atoms with Crippen molar-refractivity contribution >= 4 is 0 Å². The van der Waals surface area contributed by atoms with Crippen LogP contribution in [0.1, 0.15) is 35.3 Å². The first-order valence-electron chi connectivity index (χ1n) is 7.86. The molecule has 0 amide bonds. The van der Waals surface area contributed by atoms with E-state index >= 15 is 0 Å². The molecule has 1 aromatic carbocycles. The number of aromatic nitrogens is 5. The van der Waals surface area contributed by atoms with E-state index in [4.69, 9.17) is 0 Å². The van der Waals surface area contributed by atoms with Gasteiger partial charge in [-0.1, -0.05) is 19.1 Å². The zero-order valence-electron chi connectivity index (χ0n) is 13.7. The molecule has 0 saturated heterocycles. The van der Waals surface area contributed by atoms with Crippen LogP contribution in [0.5, 0.6) is 0 Å². The van der Waals surface area contributed by atoms with Crippen LogP contribution in [0.25, 0.3) is 5.69 Å². The Morgan fingerprint density at radius 3 is 2.65 bits per heavy atom. The molecule has 2 aromatic heterocycles. The third-order valence-corrected chi connectivity index (χ3v) is 4.20. The Morgan fingerprint density at radius 2 is 1.96 bits per heavy atom. The quantitative estimate of drug-likeness (QED) is 0.758. The minimum Gasteiger partial charge on any atom is -0.282 e. The van der Waals surface area contributed by atoms with Crippen molar-refractivity contribution in [3.63, 3.8) is 0 Å². The van der Waals surface area contributed by atoms with E-state index in [1.165, 1.54) is 11.1 Å². The average Bonchev–Trinajstić information content (AvgIpc) is 3.08. The largest absolute Gasteiger partial charge is 0.347 e. The first kappa shape index (κ1) is 15.3. The Bertz CT molecular complexity index is 852. The zero-order chi connectivity index (χ0) is 16.4. The number of hydrogen-bond donors (Lipinski definition) is 2. The summed E-state index contributed by atoms with van der Waals surface area (Å²) in [6.07, 6.45) is 2.41. The van der Waals surface area contributed by atoms with Crippen molar-refractivity contribution in [3.8, 4) is 5.69 Å². The Labute approximate surface area is 134 Å². The number of hydrogen-bond acceptors (Lipinski definition) is 3. The third kappa shape index (κ3) is 2.97. The maximum atomic E-state index is 12.2. The molecule has 6 heteroatoms. The van der Waals surface area contributed by atoms with Gasteiger partial charge in [-0.25, -0.2) is 14.5 Å². The van der Waals surface area contributed by atoms with E-state index in [9.17, 15) is 4.79 Å². The molecule has 6 nitrogen and oxygen atoms in total. The van der Waals surface area contributed by atoms with E-state index in [0.29, 0.717) is 6.42 Å². The highest BCUT2D eigenvalue weighted by Gasteiger charge is 2.13. The van der Waals surface area contributed by atoms with Gasteiger partial charge in [-0.15, -0.1) is 0 Å². The standard InChI is InChI=1S/C17H21N5O/c1-4-13-6-5-7-14(10-13)22-16(20-21-17(22)23)9-8-15-11(2)18-19-12(15)3/h5-7,10H,4,8-9H2,1-3H3,(H,18,19)(H,21,23). The van der Waals surface area contributed by atoms with E-state index in [2.05, 4.69) is 33.4 Å². The number of H-pyrrole nitrogens is 2. The molecule has 0 radical (unpaired) electrons. The molecule has 0 bridgehead atoms. The predicted molar refractivity (Wildman–Crippen MR) is 89.0 cm³/mol. The fourth-order valence-electron chi connectivity index (χ4n) is 2.86. The summed E-state index contributed by atoms with van der Waals surface area (Å²) in [5.74, 6) is 0.739. The Kier molecular flexibility index (Phi) is 4.14. The number of rotatable bonds is 5. The highest BCUT2D eigenvalue weighted by atomic mass is 16.1. The first-order chi connectivity index (χ1) is 11.1. The van der Waals surface area contributed by atoms with Gasteiger partial charge in [-0.05, 0) is 49.9 Å². The Balaban J connectivity index is 1.91. The zero-order valence-corrected chi connectivity index (χ0v) is 13.7. The van der Waals surface area contributed by atoms with Crippen molar-refractivity contribution < 1.29 is 0 Å². The lowest BCUT2D eigenvalue weighted by Crippen LogP contribution is -2.17. The Hall–Kier alpha value is -2.63. The predicted octanol–water partition coefficient (Wildman–Crippen LogP) is 2.25. The van der Waals surface area contributed by atoms with Gasteiger partial charge >= 0.3 is 5.69 Å². The average molecular weight is 311 g/mol. The number of nitrogens with zero attached hydrogens (tertiary/aromatic N) is 3. The van der Waals surface area contributed by atoms with E-state index in [-0.39, 0.29) is 5.69 Å². The van der Waals surface area contributed by atoms with Crippen molar-refractivity contribution in [3.05, 3.63) is 63.1 Å². The van der Waals surface area contributed by atoms with Gasteiger partial charge in [0.1, 0.15) is 5.82 Å². The maximum absolute atomic E-state index is 12.2. The highest BCUT2D eigenvalue weighted by Crippen LogP contribution is 2.15. The molecular formula is C17H21N5O. The van der Waals surface area contributed by atoms with Crippen molar-refractivity contribution in [2.45, 2.75) is 40.0 Å². The summed E-state index contributed by atoms with van der Waals surface area (Å²) < 4.78 is 1.66. The lowest BCUT2D eigenvalue weighted by molar-refractivity contribution is 0.809. The number of aryl methyl sites for hydroxylation is 4. The number of nitrogens with one attached hydrogen (secondary N) is 2. The van der Waals surface area contributed by atoms with Crippen molar-refractivity contribution in [2.75, 3.05) is 0 Å². The SMILES string of the molecule is CCc1cccc(-n2c(CCc3c(C)n[nH]c3C)n[nH]c2=O)c1. The van der Waals surface area contributed by atoms with Crippen LogP contribution >= 0.6 is 0 Å². The van der Waals surface area contributed by atoms with Gasteiger partial charge in [0.15, 0.2) is 0 Å². The van der Waals surface area contributed by atoms with E-state index < -0.39 is 0 Å². The molecule has 120 valence electrons. The summed E-state index contributed by atoms with van der Waals surface area (Å²) in [4.78, 5) is 12.2. The van der Waals surface area contributed by atoms with E-state index in [1.807, 2.05) is 32.0 Å². The summed E-state index contributed by atoms with van der Waals surface area (Å²) in [6.45, 7) is 6.10. The smallest absolute Gasteiger partial charge is 0.282 e. The Morgan fingerprint density at radius 1 is 1.13 bits per heavy atom. The van der Waals surface area contributed by atoms with E-state index in [0.717, 1.165) is 35.7 Å². The van der Waals surface area contributed by atoms with E-state index in [1.54, 1.807) is 4.57 Å². The summed E-state index contributed by atoms with van der Waals surface area (Å²) in [6, 6.07) is 8.01. The van der Waals surface area contributed by atoms with Crippen LogP contribution in [0.2, 0.25) is 0 Å².